The summed E-state index contributed by atoms with van der Waals surface area (Å²) in [5.41, 5.74) is 4.77. The Bertz CT molecular complexity index is 1000. The van der Waals surface area contributed by atoms with Crippen LogP contribution in [-0.2, 0) is 0 Å². The topological polar surface area (TPSA) is 3.24 Å². The third-order valence-electron chi connectivity index (χ3n) is 4.30. The lowest BCUT2D eigenvalue weighted by atomic mass is 10.1. The molecule has 4 aromatic carbocycles. The lowest BCUT2D eigenvalue weighted by Crippen LogP contribution is -2.09. The number of para-hydroxylation sites is 1. The van der Waals surface area contributed by atoms with Gasteiger partial charge in [0.25, 0.3) is 0 Å². The number of benzene rings is 4. The Labute approximate surface area is 162 Å². The molecule has 0 bridgehead atoms. The van der Waals surface area contributed by atoms with Gasteiger partial charge in [0.05, 0.1) is 0 Å². The SMILES string of the molecule is C=CC.Cc1ccc(N(c2ccccc2)c2ccc3ccccc3c2)cc1. The van der Waals surface area contributed by atoms with Crippen molar-refractivity contribution >= 4 is 27.8 Å². The molecule has 0 heterocycles. The van der Waals surface area contributed by atoms with Gasteiger partial charge >= 0.3 is 0 Å². The van der Waals surface area contributed by atoms with Crippen LogP contribution < -0.4 is 4.90 Å². The standard InChI is InChI=1S/C23H19N.C3H6/c1-18-11-14-22(15-12-18)24(21-9-3-2-4-10-21)23-16-13-19-7-5-6-8-20(19)17-23;1-3-2/h2-17H,1H3;3H,1H2,2H3. The molecule has 1 nitrogen and oxygen atoms in total. The molecule has 0 amide bonds. The second kappa shape index (κ2) is 8.86. The zero-order chi connectivity index (χ0) is 19.1. The number of anilines is 3. The van der Waals surface area contributed by atoms with Gasteiger partial charge in [0, 0.05) is 17.1 Å². The molecular weight excluding hydrogens is 326 g/mol. The van der Waals surface area contributed by atoms with Crippen molar-refractivity contribution in [1.82, 2.24) is 0 Å². The smallest absolute Gasteiger partial charge is 0.0468 e. The minimum Gasteiger partial charge on any atom is -0.310 e. The van der Waals surface area contributed by atoms with Crippen molar-refractivity contribution < 1.29 is 0 Å². The maximum Gasteiger partial charge on any atom is 0.0468 e. The number of hydrogen-bond donors (Lipinski definition) is 0. The molecule has 0 unspecified atom stereocenters. The first kappa shape index (κ1) is 18.5. The summed E-state index contributed by atoms with van der Waals surface area (Å²) < 4.78 is 0. The highest BCUT2D eigenvalue weighted by Crippen LogP contribution is 2.35. The van der Waals surface area contributed by atoms with Crippen molar-refractivity contribution in [3.63, 3.8) is 0 Å². The first-order chi connectivity index (χ1) is 13.2. The van der Waals surface area contributed by atoms with Gasteiger partial charge in [0.2, 0.25) is 0 Å². The molecule has 27 heavy (non-hydrogen) atoms. The average molecular weight is 351 g/mol. The van der Waals surface area contributed by atoms with E-state index in [2.05, 4.69) is 115 Å². The summed E-state index contributed by atoms with van der Waals surface area (Å²) in [6.07, 6.45) is 1.75. The minimum absolute atomic E-state index is 1.16. The fourth-order valence-electron chi connectivity index (χ4n) is 3.03. The number of allylic oxidation sites excluding steroid dienone is 1. The Morgan fingerprint density at radius 3 is 1.81 bits per heavy atom. The van der Waals surface area contributed by atoms with Crippen LogP contribution in [0.4, 0.5) is 17.1 Å². The van der Waals surface area contributed by atoms with E-state index in [-0.39, 0.29) is 0 Å². The number of fused-ring (bicyclic) bond motifs is 1. The van der Waals surface area contributed by atoms with Gasteiger partial charge in [-0.05, 0) is 61.0 Å². The van der Waals surface area contributed by atoms with Crippen molar-refractivity contribution in [1.29, 1.82) is 0 Å². The van der Waals surface area contributed by atoms with Crippen LogP contribution in [0.3, 0.4) is 0 Å². The molecule has 0 aromatic heterocycles. The van der Waals surface area contributed by atoms with Crippen LogP contribution in [0.15, 0.2) is 110 Å². The molecule has 4 aromatic rings. The molecule has 0 fully saturated rings. The second-order valence-electron chi connectivity index (χ2n) is 6.45. The maximum absolute atomic E-state index is 3.36. The molecule has 0 radical (unpaired) electrons. The monoisotopic (exact) mass is 351 g/mol. The lowest BCUT2D eigenvalue weighted by Gasteiger charge is -2.25. The van der Waals surface area contributed by atoms with E-state index < -0.39 is 0 Å². The second-order valence-corrected chi connectivity index (χ2v) is 6.45. The lowest BCUT2D eigenvalue weighted by molar-refractivity contribution is 1.28. The Balaban J connectivity index is 0.000000659. The molecule has 1 heteroatoms. The van der Waals surface area contributed by atoms with Gasteiger partial charge in [0.15, 0.2) is 0 Å². The zero-order valence-corrected chi connectivity index (χ0v) is 16.0. The summed E-state index contributed by atoms with van der Waals surface area (Å²) in [7, 11) is 0. The Kier molecular flexibility index (Phi) is 6.06. The molecule has 0 spiro atoms. The molecule has 0 atom stereocenters. The van der Waals surface area contributed by atoms with E-state index in [0.29, 0.717) is 0 Å². The normalized spacial score (nSPS) is 10.0. The number of aryl methyl sites for hydroxylation is 1. The molecule has 0 aliphatic rings. The predicted molar refractivity (Wildman–Crippen MR) is 119 cm³/mol. The molecule has 0 saturated carbocycles. The van der Waals surface area contributed by atoms with Gasteiger partial charge in [-0.2, -0.15) is 0 Å². The molecule has 0 aliphatic carbocycles. The molecule has 134 valence electrons. The van der Waals surface area contributed by atoms with Crippen molar-refractivity contribution in [3.8, 4) is 0 Å². The summed E-state index contributed by atoms with van der Waals surface area (Å²) >= 11 is 0. The van der Waals surface area contributed by atoms with Gasteiger partial charge in [-0.15, -0.1) is 6.58 Å². The highest BCUT2D eigenvalue weighted by Gasteiger charge is 2.12. The Morgan fingerprint density at radius 2 is 1.15 bits per heavy atom. The fourth-order valence-corrected chi connectivity index (χ4v) is 3.03. The van der Waals surface area contributed by atoms with E-state index in [1.54, 1.807) is 6.08 Å². The van der Waals surface area contributed by atoms with Gasteiger partial charge in [-0.1, -0.05) is 72.3 Å². The predicted octanol–water partition coefficient (Wildman–Crippen LogP) is 7.81. The van der Waals surface area contributed by atoms with Crippen LogP contribution >= 0.6 is 0 Å². The van der Waals surface area contributed by atoms with Gasteiger partial charge in [-0.3, -0.25) is 0 Å². The van der Waals surface area contributed by atoms with Crippen LogP contribution in [-0.4, -0.2) is 0 Å². The van der Waals surface area contributed by atoms with Gasteiger partial charge < -0.3 is 4.90 Å². The molecule has 0 saturated heterocycles. The average Bonchev–Trinajstić information content (AvgIpc) is 2.71. The number of nitrogens with zero attached hydrogens (tertiary/aromatic N) is 1. The number of rotatable bonds is 3. The van der Waals surface area contributed by atoms with E-state index >= 15 is 0 Å². The van der Waals surface area contributed by atoms with Crippen LogP contribution in [0.25, 0.3) is 10.8 Å². The van der Waals surface area contributed by atoms with E-state index in [4.69, 9.17) is 0 Å². The van der Waals surface area contributed by atoms with E-state index in [1.807, 2.05) is 6.92 Å². The Morgan fingerprint density at radius 1 is 0.630 bits per heavy atom. The maximum atomic E-state index is 3.36. The summed E-state index contributed by atoms with van der Waals surface area (Å²) in [6, 6.07) is 34.3. The van der Waals surface area contributed by atoms with Crippen molar-refractivity contribution in [2.75, 3.05) is 4.90 Å². The first-order valence-electron chi connectivity index (χ1n) is 9.20. The molecule has 0 N–H and O–H groups in total. The van der Waals surface area contributed by atoms with Gasteiger partial charge in [0.1, 0.15) is 0 Å². The highest BCUT2D eigenvalue weighted by atomic mass is 15.1. The molecular formula is C26H25N. The highest BCUT2D eigenvalue weighted by molar-refractivity contribution is 5.89. The molecule has 0 aliphatic heterocycles. The summed E-state index contributed by atoms with van der Waals surface area (Å²) in [5.74, 6) is 0. The van der Waals surface area contributed by atoms with E-state index in [9.17, 15) is 0 Å². The Hall–Kier alpha value is -3.32. The van der Waals surface area contributed by atoms with E-state index in [0.717, 1.165) is 5.69 Å². The van der Waals surface area contributed by atoms with Crippen LogP contribution in [0.2, 0.25) is 0 Å². The summed E-state index contributed by atoms with van der Waals surface area (Å²) in [5, 5.41) is 2.52. The van der Waals surface area contributed by atoms with Crippen LogP contribution in [0.5, 0.6) is 0 Å². The fraction of sp³-hybridized carbons (Fsp3) is 0.0769. The van der Waals surface area contributed by atoms with Gasteiger partial charge in [-0.25, -0.2) is 0 Å². The largest absolute Gasteiger partial charge is 0.310 e. The minimum atomic E-state index is 1.16. The zero-order valence-electron chi connectivity index (χ0n) is 16.0. The van der Waals surface area contributed by atoms with Crippen molar-refractivity contribution in [3.05, 3.63) is 115 Å². The third-order valence-corrected chi connectivity index (χ3v) is 4.30. The van der Waals surface area contributed by atoms with Crippen molar-refractivity contribution in [2.45, 2.75) is 13.8 Å². The van der Waals surface area contributed by atoms with Crippen LogP contribution in [0, 0.1) is 6.92 Å². The van der Waals surface area contributed by atoms with Crippen LogP contribution in [0.1, 0.15) is 12.5 Å². The first-order valence-corrected chi connectivity index (χ1v) is 9.20. The number of hydrogen-bond acceptors (Lipinski definition) is 1. The van der Waals surface area contributed by atoms with Crippen molar-refractivity contribution in [2.24, 2.45) is 0 Å². The summed E-state index contributed by atoms with van der Waals surface area (Å²) in [6.45, 7) is 7.37. The molecule has 4 rings (SSSR count). The summed E-state index contributed by atoms with van der Waals surface area (Å²) in [4.78, 5) is 2.30. The van der Waals surface area contributed by atoms with E-state index in [1.165, 1.54) is 27.7 Å². The quantitative estimate of drug-likeness (QED) is 0.340. The third kappa shape index (κ3) is 4.45.